The monoisotopic (exact) mass is 355 g/mol. The second-order valence-electron chi connectivity index (χ2n) is 5.93. The van der Waals surface area contributed by atoms with Crippen LogP contribution in [0.25, 0.3) is 10.3 Å². The number of hydrogen-bond donors (Lipinski definition) is 1. The molecule has 0 unspecified atom stereocenters. The summed E-state index contributed by atoms with van der Waals surface area (Å²) in [6.45, 7) is 6.78. The maximum atomic E-state index is 12.4. The van der Waals surface area contributed by atoms with Crippen molar-refractivity contribution in [3.63, 3.8) is 0 Å². The van der Waals surface area contributed by atoms with E-state index in [1.165, 1.54) is 11.3 Å². The van der Waals surface area contributed by atoms with Gasteiger partial charge in [0, 0.05) is 11.3 Å². The van der Waals surface area contributed by atoms with Crippen molar-refractivity contribution in [2.75, 3.05) is 11.9 Å². The zero-order valence-electron chi connectivity index (χ0n) is 14.6. The van der Waals surface area contributed by atoms with Crippen molar-refractivity contribution in [1.29, 1.82) is 0 Å². The molecule has 3 aromatic rings. The van der Waals surface area contributed by atoms with Gasteiger partial charge in [-0.2, -0.15) is 4.98 Å². The lowest BCUT2D eigenvalue weighted by Gasteiger charge is -2.06. The molecule has 2 heterocycles. The molecule has 0 saturated heterocycles. The van der Waals surface area contributed by atoms with Crippen molar-refractivity contribution in [3.8, 4) is 5.75 Å². The molecule has 2 aromatic heterocycles. The highest BCUT2D eigenvalue weighted by Gasteiger charge is 2.12. The molecule has 0 fully saturated rings. The Bertz CT molecular complexity index is 888. The zero-order valence-corrected chi connectivity index (χ0v) is 15.4. The second-order valence-corrected chi connectivity index (χ2v) is 6.93. The molecule has 0 aliphatic heterocycles. The fraction of sp³-hybridized carbons (Fsp3) is 0.316. The molecule has 0 atom stereocenters. The number of unbranched alkanes of at least 4 members (excludes halogenated alkanes) is 1. The molecule has 0 saturated carbocycles. The number of hydrogen-bond acceptors (Lipinski definition) is 5. The summed E-state index contributed by atoms with van der Waals surface area (Å²) in [7, 11) is 0. The summed E-state index contributed by atoms with van der Waals surface area (Å²) in [4.78, 5) is 21.2. The highest BCUT2D eigenvalue weighted by Crippen LogP contribution is 2.28. The minimum Gasteiger partial charge on any atom is -0.494 e. The van der Waals surface area contributed by atoms with Crippen LogP contribution in [0.5, 0.6) is 5.75 Å². The highest BCUT2D eigenvalue weighted by atomic mass is 32.1. The van der Waals surface area contributed by atoms with Gasteiger partial charge in [-0.1, -0.05) is 24.7 Å². The second kappa shape index (κ2) is 7.61. The van der Waals surface area contributed by atoms with E-state index in [1.807, 2.05) is 32.0 Å². The Morgan fingerprint density at radius 2 is 1.96 bits per heavy atom. The summed E-state index contributed by atoms with van der Waals surface area (Å²) < 4.78 is 6.61. The van der Waals surface area contributed by atoms with Crippen molar-refractivity contribution < 1.29 is 9.53 Å². The van der Waals surface area contributed by atoms with E-state index >= 15 is 0 Å². The fourth-order valence-corrected chi connectivity index (χ4v) is 3.35. The maximum Gasteiger partial charge on any atom is 0.257 e. The number of nitrogens with zero attached hydrogens (tertiary/aromatic N) is 2. The molecule has 1 amide bonds. The van der Waals surface area contributed by atoms with E-state index in [0.29, 0.717) is 22.9 Å². The Labute approximate surface area is 151 Å². The number of aryl methyl sites for hydroxylation is 2. The van der Waals surface area contributed by atoms with Gasteiger partial charge >= 0.3 is 0 Å². The number of ether oxygens (including phenoxy) is 1. The van der Waals surface area contributed by atoms with E-state index in [9.17, 15) is 4.79 Å². The average molecular weight is 355 g/mol. The Morgan fingerprint density at radius 3 is 2.68 bits per heavy atom. The van der Waals surface area contributed by atoms with Gasteiger partial charge in [-0.3, -0.25) is 10.1 Å². The summed E-state index contributed by atoms with van der Waals surface area (Å²) in [5.74, 6) is 0.592. The topological polar surface area (TPSA) is 64.1 Å². The fourth-order valence-electron chi connectivity index (χ4n) is 2.48. The van der Waals surface area contributed by atoms with Crippen LogP contribution in [0.4, 0.5) is 5.13 Å². The highest BCUT2D eigenvalue weighted by molar-refractivity contribution is 7.22. The molecule has 3 rings (SSSR count). The van der Waals surface area contributed by atoms with Gasteiger partial charge < -0.3 is 4.74 Å². The molecule has 1 aromatic carbocycles. The number of carbonyl (C=O) groups excluding carboxylic acids is 1. The third-order valence-corrected chi connectivity index (χ3v) is 4.87. The van der Waals surface area contributed by atoms with Crippen LogP contribution < -0.4 is 10.1 Å². The normalized spacial score (nSPS) is 10.8. The number of fused-ring (bicyclic) bond motifs is 1. The van der Waals surface area contributed by atoms with Crippen LogP contribution in [0.2, 0.25) is 0 Å². The lowest BCUT2D eigenvalue weighted by molar-refractivity contribution is 0.102. The Hall–Kier alpha value is -2.47. The molecular formula is C19H21N3O2S. The van der Waals surface area contributed by atoms with Gasteiger partial charge in [0.2, 0.25) is 0 Å². The molecule has 0 aliphatic carbocycles. The Balaban J connectivity index is 1.70. The third kappa shape index (κ3) is 4.14. The van der Waals surface area contributed by atoms with Gasteiger partial charge in [-0.05, 0) is 56.2 Å². The summed E-state index contributed by atoms with van der Waals surface area (Å²) in [5, 5.41) is 3.41. The number of anilines is 1. The molecule has 1 N–H and O–H groups in total. The van der Waals surface area contributed by atoms with Crippen LogP contribution in [0.1, 0.15) is 41.4 Å². The lowest BCUT2D eigenvalue weighted by Crippen LogP contribution is -2.11. The summed E-state index contributed by atoms with van der Waals surface area (Å²) in [6, 6.07) is 9.18. The predicted molar refractivity (Wildman–Crippen MR) is 102 cm³/mol. The van der Waals surface area contributed by atoms with E-state index in [-0.39, 0.29) is 5.91 Å². The van der Waals surface area contributed by atoms with Crippen LogP contribution in [-0.2, 0) is 0 Å². The predicted octanol–water partition coefficient (Wildman–Crippen LogP) is 4.74. The molecular weight excluding hydrogens is 334 g/mol. The van der Waals surface area contributed by atoms with Gasteiger partial charge in [0.05, 0.1) is 11.3 Å². The van der Waals surface area contributed by atoms with Crippen molar-refractivity contribution in [1.82, 2.24) is 9.97 Å². The minimum absolute atomic E-state index is 0.187. The number of amides is 1. The average Bonchev–Trinajstić information content (AvgIpc) is 2.98. The zero-order chi connectivity index (χ0) is 17.8. The first-order valence-corrected chi connectivity index (χ1v) is 9.17. The number of thiazole rings is 1. The maximum absolute atomic E-state index is 12.4. The van der Waals surface area contributed by atoms with E-state index in [4.69, 9.17) is 4.74 Å². The number of nitrogens with one attached hydrogen (secondary N) is 1. The molecule has 0 bridgehead atoms. The summed E-state index contributed by atoms with van der Waals surface area (Å²) in [6.07, 6.45) is 2.11. The molecule has 0 spiro atoms. The smallest absolute Gasteiger partial charge is 0.257 e. The SMILES string of the molecule is CCCCOc1ccc(C(=O)Nc2nc3nc(C)cc(C)c3s2)cc1. The molecule has 130 valence electrons. The summed E-state index contributed by atoms with van der Waals surface area (Å²) in [5.41, 5.74) is 3.29. The quantitative estimate of drug-likeness (QED) is 0.649. The number of pyridine rings is 1. The van der Waals surface area contributed by atoms with Gasteiger partial charge in [-0.25, -0.2) is 4.98 Å². The first-order valence-electron chi connectivity index (χ1n) is 8.36. The van der Waals surface area contributed by atoms with Crippen LogP contribution in [-0.4, -0.2) is 22.5 Å². The largest absolute Gasteiger partial charge is 0.494 e. The standard InChI is InChI=1S/C19H21N3O2S/c1-4-5-10-24-15-8-6-14(7-9-15)18(23)22-19-21-17-16(25-19)12(2)11-13(3)20-17/h6-9,11H,4-5,10H2,1-3H3,(H,20,21,22,23). The van der Waals surface area contributed by atoms with E-state index in [1.54, 1.807) is 12.1 Å². The van der Waals surface area contributed by atoms with Gasteiger partial charge in [0.1, 0.15) is 5.75 Å². The first kappa shape index (κ1) is 17.4. The van der Waals surface area contributed by atoms with Crippen LogP contribution >= 0.6 is 11.3 Å². The Kier molecular flexibility index (Phi) is 5.28. The Morgan fingerprint density at radius 1 is 1.20 bits per heavy atom. The summed E-state index contributed by atoms with van der Waals surface area (Å²) >= 11 is 1.44. The molecule has 25 heavy (non-hydrogen) atoms. The van der Waals surface area contributed by atoms with Gasteiger partial charge in [0.15, 0.2) is 10.8 Å². The van der Waals surface area contributed by atoms with Gasteiger partial charge in [-0.15, -0.1) is 0 Å². The number of carbonyl (C=O) groups is 1. The molecule has 6 heteroatoms. The van der Waals surface area contributed by atoms with Crippen LogP contribution in [0.15, 0.2) is 30.3 Å². The van der Waals surface area contributed by atoms with Crippen LogP contribution in [0.3, 0.4) is 0 Å². The lowest BCUT2D eigenvalue weighted by atomic mass is 10.2. The molecule has 0 radical (unpaired) electrons. The van der Waals surface area contributed by atoms with Crippen molar-refractivity contribution in [3.05, 3.63) is 47.2 Å². The van der Waals surface area contributed by atoms with Crippen molar-refractivity contribution in [2.45, 2.75) is 33.6 Å². The number of aromatic nitrogens is 2. The van der Waals surface area contributed by atoms with Crippen LogP contribution in [0, 0.1) is 13.8 Å². The van der Waals surface area contributed by atoms with E-state index < -0.39 is 0 Å². The molecule has 0 aliphatic rings. The number of rotatable bonds is 6. The van der Waals surface area contributed by atoms with Crippen molar-refractivity contribution >= 4 is 32.7 Å². The number of benzene rings is 1. The minimum atomic E-state index is -0.187. The molecule has 5 nitrogen and oxygen atoms in total. The van der Waals surface area contributed by atoms with Crippen molar-refractivity contribution in [2.24, 2.45) is 0 Å². The first-order chi connectivity index (χ1) is 12.1. The van der Waals surface area contributed by atoms with E-state index in [2.05, 4.69) is 22.2 Å². The van der Waals surface area contributed by atoms with Gasteiger partial charge in [0.25, 0.3) is 5.91 Å². The van der Waals surface area contributed by atoms with E-state index in [0.717, 1.165) is 34.5 Å². The third-order valence-electron chi connectivity index (χ3n) is 3.78.